The van der Waals surface area contributed by atoms with Crippen LogP contribution in [0.2, 0.25) is 0 Å². The highest BCUT2D eigenvalue weighted by Crippen LogP contribution is 2.42. The van der Waals surface area contributed by atoms with E-state index < -0.39 is 17.1 Å². The highest BCUT2D eigenvalue weighted by molar-refractivity contribution is 5.92. The van der Waals surface area contributed by atoms with Crippen LogP contribution < -0.4 is 19.6 Å². The maximum Gasteiger partial charge on any atom is 0.308 e. The molecule has 1 N–H and O–H groups in total. The Balaban J connectivity index is 2.26. The molecule has 0 amide bonds. The molecule has 0 spiro atoms. The molecule has 0 saturated heterocycles. The van der Waals surface area contributed by atoms with Crippen LogP contribution in [0.1, 0.15) is 6.92 Å². The van der Waals surface area contributed by atoms with Gasteiger partial charge >= 0.3 is 5.97 Å². The Morgan fingerprint density at radius 3 is 2.38 bits per heavy atom. The molecule has 26 heavy (non-hydrogen) atoms. The number of benzene rings is 2. The van der Waals surface area contributed by atoms with Crippen LogP contribution in [-0.2, 0) is 4.79 Å². The van der Waals surface area contributed by atoms with Crippen molar-refractivity contribution in [1.82, 2.24) is 0 Å². The molecule has 3 rings (SSSR count). The van der Waals surface area contributed by atoms with E-state index >= 15 is 0 Å². The van der Waals surface area contributed by atoms with Crippen LogP contribution in [-0.4, -0.2) is 25.3 Å². The Bertz CT molecular complexity index is 1030. The maximum absolute atomic E-state index is 12.9. The molecule has 0 fully saturated rings. The van der Waals surface area contributed by atoms with Crippen LogP contribution in [0.15, 0.2) is 45.8 Å². The minimum atomic E-state index is -0.659. The Morgan fingerprint density at radius 1 is 1.12 bits per heavy atom. The first-order valence-electron chi connectivity index (χ1n) is 7.64. The maximum atomic E-state index is 12.9. The second kappa shape index (κ2) is 6.79. The molecule has 3 aromatic rings. The fraction of sp³-hybridized carbons (Fsp3) is 0.158. The summed E-state index contributed by atoms with van der Waals surface area (Å²) in [5.74, 6) is -0.687. The zero-order valence-corrected chi connectivity index (χ0v) is 14.4. The summed E-state index contributed by atoms with van der Waals surface area (Å²) in [7, 11) is 2.89. The van der Waals surface area contributed by atoms with Gasteiger partial charge in [0.1, 0.15) is 23.0 Å². The lowest BCUT2D eigenvalue weighted by Gasteiger charge is -2.12. The topological polar surface area (TPSA) is 95.2 Å². The predicted molar refractivity (Wildman–Crippen MR) is 94.0 cm³/mol. The first kappa shape index (κ1) is 17.3. The van der Waals surface area contributed by atoms with Gasteiger partial charge in [0.15, 0.2) is 11.5 Å². The molecule has 1 aromatic heterocycles. The van der Waals surface area contributed by atoms with Crippen molar-refractivity contribution in [2.24, 2.45) is 0 Å². The summed E-state index contributed by atoms with van der Waals surface area (Å²) in [6.07, 6.45) is 1.30. The minimum absolute atomic E-state index is 0.0746. The standard InChI is InChI=1S/C19H16O7/c1-10(20)26-19-15(24-3)8-14-16(18(19)22)17(21)13(9-25-14)11-4-6-12(23-2)7-5-11/h4-9,22H,1-3H3. The zero-order valence-electron chi connectivity index (χ0n) is 14.4. The lowest BCUT2D eigenvalue weighted by atomic mass is 10.0. The Hall–Kier alpha value is -3.48. The lowest BCUT2D eigenvalue weighted by molar-refractivity contribution is -0.132. The number of phenols is 1. The molecule has 0 saturated carbocycles. The van der Waals surface area contributed by atoms with Gasteiger partial charge in [0.2, 0.25) is 11.2 Å². The molecule has 0 atom stereocenters. The number of esters is 1. The summed E-state index contributed by atoms with van der Waals surface area (Å²) in [5, 5.41) is 10.4. The van der Waals surface area contributed by atoms with Gasteiger partial charge in [-0.1, -0.05) is 12.1 Å². The van der Waals surface area contributed by atoms with E-state index in [1.54, 1.807) is 31.4 Å². The average molecular weight is 356 g/mol. The first-order chi connectivity index (χ1) is 12.5. The molecule has 0 aliphatic heterocycles. The largest absolute Gasteiger partial charge is 0.504 e. The molecule has 7 heteroatoms. The second-order valence-electron chi connectivity index (χ2n) is 5.43. The number of aromatic hydroxyl groups is 1. The van der Waals surface area contributed by atoms with Crippen molar-refractivity contribution >= 4 is 16.9 Å². The third-order valence-corrected chi connectivity index (χ3v) is 3.83. The smallest absolute Gasteiger partial charge is 0.308 e. The molecule has 134 valence electrons. The molecular weight excluding hydrogens is 340 g/mol. The molecule has 0 unspecified atom stereocenters. The second-order valence-corrected chi connectivity index (χ2v) is 5.43. The Morgan fingerprint density at radius 2 is 1.81 bits per heavy atom. The van der Waals surface area contributed by atoms with E-state index in [0.29, 0.717) is 11.3 Å². The number of rotatable bonds is 4. The SMILES string of the molecule is COc1ccc(-c2coc3cc(OC)c(OC(C)=O)c(O)c3c2=O)cc1. The van der Waals surface area contributed by atoms with Gasteiger partial charge in [0, 0.05) is 13.0 Å². The third kappa shape index (κ3) is 2.95. The molecule has 0 aliphatic rings. The van der Waals surface area contributed by atoms with E-state index in [1.165, 1.54) is 26.4 Å². The van der Waals surface area contributed by atoms with E-state index in [2.05, 4.69) is 0 Å². The van der Waals surface area contributed by atoms with E-state index in [1.807, 2.05) is 0 Å². The number of ether oxygens (including phenoxy) is 3. The van der Waals surface area contributed by atoms with Crippen LogP contribution in [0.4, 0.5) is 0 Å². The first-order valence-corrected chi connectivity index (χ1v) is 7.64. The summed E-state index contributed by atoms with van der Waals surface area (Å²) in [5.41, 5.74) is 0.475. The lowest BCUT2D eigenvalue weighted by Crippen LogP contribution is -2.08. The van der Waals surface area contributed by atoms with Gasteiger partial charge in [0.05, 0.1) is 19.8 Å². The van der Waals surface area contributed by atoms with Gasteiger partial charge < -0.3 is 23.7 Å². The summed E-state index contributed by atoms with van der Waals surface area (Å²) >= 11 is 0. The summed E-state index contributed by atoms with van der Waals surface area (Å²) in [4.78, 5) is 24.2. The van der Waals surface area contributed by atoms with Crippen molar-refractivity contribution in [3.63, 3.8) is 0 Å². The van der Waals surface area contributed by atoms with Gasteiger partial charge in [-0.3, -0.25) is 9.59 Å². The number of carbonyl (C=O) groups is 1. The van der Waals surface area contributed by atoms with Gasteiger partial charge in [-0.2, -0.15) is 0 Å². The van der Waals surface area contributed by atoms with Crippen LogP contribution in [0.3, 0.4) is 0 Å². The van der Waals surface area contributed by atoms with Crippen LogP contribution in [0, 0.1) is 0 Å². The fourth-order valence-corrected chi connectivity index (χ4v) is 2.59. The monoisotopic (exact) mass is 356 g/mol. The zero-order chi connectivity index (χ0) is 18.8. The molecule has 0 radical (unpaired) electrons. The van der Waals surface area contributed by atoms with Crippen LogP contribution in [0.25, 0.3) is 22.1 Å². The van der Waals surface area contributed by atoms with Gasteiger partial charge in [-0.25, -0.2) is 0 Å². The fourth-order valence-electron chi connectivity index (χ4n) is 2.59. The van der Waals surface area contributed by atoms with Crippen molar-refractivity contribution in [3.8, 4) is 34.1 Å². The number of fused-ring (bicyclic) bond motifs is 1. The molecule has 2 aromatic carbocycles. The van der Waals surface area contributed by atoms with E-state index in [0.717, 1.165) is 0 Å². The molecular formula is C19H16O7. The third-order valence-electron chi connectivity index (χ3n) is 3.83. The predicted octanol–water partition coefficient (Wildman–Crippen LogP) is 3.11. The number of hydrogen-bond acceptors (Lipinski definition) is 7. The highest BCUT2D eigenvalue weighted by Gasteiger charge is 2.22. The van der Waals surface area contributed by atoms with Crippen molar-refractivity contribution in [2.75, 3.05) is 14.2 Å². The number of methoxy groups -OCH3 is 2. The molecule has 0 bridgehead atoms. The quantitative estimate of drug-likeness (QED) is 0.567. The normalized spacial score (nSPS) is 10.6. The number of phenolic OH excluding ortho intramolecular Hbond substituents is 1. The Labute approximate surface area is 148 Å². The molecule has 0 aliphatic carbocycles. The van der Waals surface area contributed by atoms with Crippen molar-refractivity contribution in [2.45, 2.75) is 6.92 Å². The van der Waals surface area contributed by atoms with E-state index in [-0.39, 0.29) is 28.0 Å². The summed E-state index contributed by atoms with van der Waals surface area (Å²) in [6.45, 7) is 1.18. The van der Waals surface area contributed by atoms with Crippen LogP contribution >= 0.6 is 0 Å². The van der Waals surface area contributed by atoms with Crippen molar-refractivity contribution in [3.05, 3.63) is 46.8 Å². The van der Waals surface area contributed by atoms with Crippen molar-refractivity contribution < 1.29 is 28.5 Å². The van der Waals surface area contributed by atoms with Gasteiger partial charge in [-0.05, 0) is 17.7 Å². The minimum Gasteiger partial charge on any atom is -0.504 e. The number of hydrogen-bond donors (Lipinski definition) is 1. The molecule has 7 nitrogen and oxygen atoms in total. The highest BCUT2D eigenvalue weighted by atomic mass is 16.6. The van der Waals surface area contributed by atoms with Gasteiger partial charge in [-0.15, -0.1) is 0 Å². The average Bonchev–Trinajstić information content (AvgIpc) is 2.63. The van der Waals surface area contributed by atoms with Crippen LogP contribution in [0.5, 0.6) is 23.0 Å². The van der Waals surface area contributed by atoms with Gasteiger partial charge in [0.25, 0.3) is 0 Å². The summed E-state index contributed by atoms with van der Waals surface area (Å²) < 4.78 is 20.7. The van der Waals surface area contributed by atoms with E-state index in [9.17, 15) is 14.7 Å². The molecule has 1 heterocycles. The van der Waals surface area contributed by atoms with E-state index in [4.69, 9.17) is 18.6 Å². The Kier molecular flexibility index (Phi) is 4.53. The summed E-state index contributed by atoms with van der Waals surface area (Å²) in [6, 6.07) is 8.19. The van der Waals surface area contributed by atoms with Crippen molar-refractivity contribution in [1.29, 1.82) is 0 Å². The number of carbonyl (C=O) groups excluding carboxylic acids is 1.